The second-order valence-electron chi connectivity index (χ2n) is 3.81. The molecule has 15 heavy (non-hydrogen) atoms. The number of halogens is 3. The number of alkyl halides is 3. The molecule has 1 aliphatic rings. The van der Waals surface area contributed by atoms with Gasteiger partial charge in [0.25, 0.3) is 0 Å². The maximum absolute atomic E-state index is 12.6. The van der Waals surface area contributed by atoms with Crippen LogP contribution in [0.4, 0.5) is 13.2 Å². The van der Waals surface area contributed by atoms with Crippen LogP contribution in [0.25, 0.3) is 0 Å². The Bertz CT molecular complexity index is 230. The Morgan fingerprint density at radius 3 is 2.47 bits per heavy atom. The number of hydrogen-bond acceptors (Lipinski definition) is 2. The molecule has 0 aromatic heterocycles. The predicted octanol–water partition coefficient (Wildman–Crippen LogP) is 1.18. The van der Waals surface area contributed by atoms with Gasteiger partial charge in [0.05, 0.1) is 12.5 Å². The Balaban J connectivity index is 2.62. The van der Waals surface area contributed by atoms with Crippen molar-refractivity contribution in [1.29, 1.82) is 0 Å². The SMILES string of the molecule is NCC(=O)NC1CCCCC1C(F)(F)F. The number of hydrogen-bond donors (Lipinski definition) is 2. The van der Waals surface area contributed by atoms with Crippen LogP contribution in [0.3, 0.4) is 0 Å². The second-order valence-corrected chi connectivity index (χ2v) is 3.81. The zero-order valence-corrected chi connectivity index (χ0v) is 8.31. The zero-order valence-electron chi connectivity index (χ0n) is 8.31. The molecule has 1 rings (SSSR count). The molecule has 1 aliphatic carbocycles. The molecule has 6 heteroatoms. The Morgan fingerprint density at radius 1 is 1.33 bits per heavy atom. The molecule has 1 fully saturated rings. The van der Waals surface area contributed by atoms with Crippen LogP contribution in [-0.4, -0.2) is 24.7 Å². The first-order chi connectivity index (χ1) is 6.95. The van der Waals surface area contributed by atoms with Gasteiger partial charge in [0, 0.05) is 6.04 Å². The number of rotatable bonds is 2. The topological polar surface area (TPSA) is 55.1 Å². The van der Waals surface area contributed by atoms with Crippen LogP contribution in [0.15, 0.2) is 0 Å². The Labute approximate surface area is 86.2 Å². The normalized spacial score (nSPS) is 27.5. The summed E-state index contributed by atoms with van der Waals surface area (Å²) in [6.07, 6.45) is -2.46. The van der Waals surface area contributed by atoms with E-state index in [0.717, 1.165) is 6.42 Å². The van der Waals surface area contributed by atoms with E-state index in [0.29, 0.717) is 12.8 Å². The van der Waals surface area contributed by atoms with Crippen LogP contribution in [0, 0.1) is 5.92 Å². The summed E-state index contributed by atoms with van der Waals surface area (Å²) >= 11 is 0. The van der Waals surface area contributed by atoms with Crippen molar-refractivity contribution in [2.45, 2.75) is 37.9 Å². The molecule has 0 bridgehead atoms. The Hall–Kier alpha value is -0.780. The van der Waals surface area contributed by atoms with Crippen molar-refractivity contribution >= 4 is 5.91 Å². The average Bonchev–Trinajstić information content (AvgIpc) is 2.17. The molecule has 2 unspecified atom stereocenters. The largest absolute Gasteiger partial charge is 0.393 e. The molecule has 0 aromatic carbocycles. The van der Waals surface area contributed by atoms with E-state index in [-0.39, 0.29) is 13.0 Å². The standard InChI is InChI=1S/C9H15F3N2O/c10-9(11,12)6-3-1-2-4-7(6)14-8(15)5-13/h6-7H,1-5,13H2,(H,14,15). The first-order valence-corrected chi connectivity index (χ1v) is 5.01. The quantitative estimate of drug-likeness (QED) is 0.740. The van der Waals surface area contributed by atoms with Crippen LogP contribution in [0.2, 0.25) is 0 Å². The van der Waals surface area contributed by atoms with E-state index in [4.69, 9.17) is 5.73 Å². The van der Waals surface area contributed by atoms with Crippen molar-refractivity contribution in [3.63, 3.8) is 0 Å². The number of carbonyl (C=O) groups is 1. The van der Waals surface area contributed by atoms with Crippen molar-refractivity contribution in [2.24, 2.45) is 11.7 Å². The van der Waals surface area contributed by atoms with Crippen molar-refractivity contribution in [3.8, 4) is 0 Å². The highest BCUT2D eigenvalue weighted by atomic mass is 19.4. The van der Waals surface area contributed by atoms with E-state index in [9.17, 15) is 18.0 Å². The minimum absolute atomic E-state index is 0.0962. The third kappa shape index (κ3) is 3.37. The Kier molecular flexibility index (Phi) is 3.96. The number of nitrogens with two attached hydrogens (primary N) is 1. The number of nitrogens with one attached hydrogen (secondary N) is 1. The van der Waals surface area contributed by atoms with E-state index in [1.54, 1.807) is 0 Å². The highest BCUT2D eigenvalue weighted by Crippen LogP contribution is 2.37. The van der Waals surface area contributed by atoms with Gasteiger partial charge in [-0.1, -0.05) is 12.8 Å². The van der Waals surface area contributed by atoms with Gasteiger partial charge in [0.2, 0.25) is 5.91 Å². The average molecular weight is 224 g/mol. The minimum Gasteiger partial charge on any atom is -0.352 e. The van der Waals surface area contributed by atoms with Crippen LogP contribution >= 0.6 is 0 Å². The van der Waals surface area contributed by atoms with E-state index >= 15 is 0 Å². The molecule has 2 atom stereocenters. The van der Waals surface area contributed by atoms with Gasteiger partial charge in [0.15, 0.2) is 0 Å². The number of carbonyl (C=O) groups excluding carboxylic acids is 1. The summed E-state index contributed by atoms with van der Waals surface area (Å²) in [7, 11) is 0. The highest BCUT2D eigenvalue weighted by molar-refractivity contribution is 5.78. The van der Waals surface area contributed by atoms with Crippen LogP contribution in [0.5, 0.6) is 0 Å². The Morgan fingerprint density at radius 2 is 1.93 bits per heavy atom. The summed E-state index contributed by atoms with van der Waals surface area (Å²) in [4.78, 5) is 10.9. The summed E-state index contributed by atoms with van der Waals surface area (Å²) in [5.41, 5.74) is 5.05. The van der Waals surface area contributed by atoms with Gasteiger partial charge in [-0.2, -0.15) is 13.2 Å². The molecule has 0 heterocycles. The molecule has 0 spiro atoms. The molecular formula is C9H15F3N2O. The molecule has 0 saturated heterocycles. The smallest absolute Gasteiger partial charge is 0.352 e. The third-order valence-electron chi connectivity index (χ3n) is 2.72. The molecule has 88 valence electrons. The molecule has 0 aromatic rings. The summed E-state index contributed by atoms with van der Waals surface area (Å²) in [6.45, 7) is -0.263. The molecular weight excluding hydrogens is 209 g/mol. The van der Waals surface area contributed by atoms with Crippen LogP contribution < -0.4 is 11.1 Å². The minimum atomic E-state index is -4.23. The van der Waals surface area contributed by atoms with E-state index in [2.05, 4.69) is 5.32 Å². The molecule has 0 radical (unpaired) electrons. The lowest BCUT2D eigenvalue weighted by molar-refractivity contribution is -0.189. The van der Waals surface area contributed by atoms with E-state index in [1.165, 1.54) is 0 Å². The fraction of sp³-hybridized carbons (Fsp3) is 0.889. The van der Waals surface area contributed by atoms with Crippen LogP contribution in [0.1, 0.15) is 25.7 Å². The van der Waals surface area contributed by atoms with Gasteiger partial charge in [-0.25, -0.2) is 0 Å². The lowest BCUT2D eigenvalue weighted by Crippen LogP contribution is -2.49. The molecule has 3 N–H and O–H groups in total. The monoisotopic (exact) mass is 224 g/mol. The molecule has 3 nitrogen and oxygen atoms in total. The molecule has 1 amide bonds. The molecule has 1 saturated carbocycles. The van der Waals surface area contributed by atoms with Crippen molar-refractivity contribution < 1.29 is 18.0 Å². The first-order valence-electron chi connectivity index (χ1n) is 5.01. The van der Waals surface area contributed by atoms with E-state index < -0.39 is 24.0 Å². The summed E-state index contributed by atoms with van der Waals surface area (Å²) in [5.74, 6) is -1.93. The zero-order chi connectivity index (χ0) is 11.5. The maximum Gasteiger partial charge on any atom is 0.393 e. The lowest BCUT2D eigenvalue weighted by Gasteiger charge is -2.33. The van der Waals surface area contributed by atoms with Gasteiger partial charge in [-0.05, 0) is 12.8 Å². The van der Waals surface area contributed by atoms with E-state index in [1.807, 2.05) is 0 Å². The van der Waals surface area contributed by atoms with Gasteiger partial charge < -0.3 is 11.1 Å². The fourth-order valence-corrected chi connectivity index (χ4v) is 1.96. The predicted molar refractivity (Wildman–Crippen MR) is 49.0 cm³/mol. The fourth-order valence-electron chi connectivity index (χ4n) is 1.96. The van der Waals surface area contributed by atoms with Crippen molar-refractivity contribution in [2.75, 3.05) is 6.54 Å². The van der Waals surface area contributed by atoms with Crippen molar-refractivity contribution in [1.82, 2.24) is 5.32 Å². The van der Waals surface area contributed by atoms with Gasteiger partial charge >= 0.3 is 6.18 Å². The highest BCUT2D eigenvalue weighted by Gasteiger charge is 2.45. The van der Waals surface area contributed by atoms with Crippen LogP contribution in [-0.2, 0) is 4.79 Å². The summed E-state index contributed by atoms with van der Waals surface area (Å²) in [5, 5.41) is 2.34. The number of amides is 1. The second kappa shape index (κ2) is 4.83. The third-order valence-corrected chi connectivity index (χ3v) is 2.72. The van der Waals surface area contributed by atoms with Gasteiger partial charge in [0.1, 0.15) is 0 Å². The maximum atomic E-state index is 12.6. The summed E-state index contributed by atoms with van der Waals surface area (Å²) in [6, 6.07) is -0.796. The van der Waals surface area contributed by atoms with Crippen molar-refractivity contribution in [3.05, 3.63) is 0 Å². The lowest BCUT2D eigenvalue weighted by atomic mass is 9.84. The van der Waals surface area contributed by atoms with Gasteiger partial charge in [-0.3, -0.25) is 4.79 Å². The molecule has 0 aliphatic heterocycles. The summed E-state index contributed by atoms with van der Waals surface area (Å²) < 4.78 is 37.7. The first kappa shape index (κ1) is 12.3. The van der Waals surface area contributed by atoms with Gasteiger partial charge in [-0.15, -0.1) is 0 Å².